The monoisotopic (exact) mass is 424 g/mol. The van der Waals surface area contributed by atoms with Gasteiger partial charge >= 0.3 is 0 Å². The smallest absolute Gasteiger partial charge is 0.238 e. The van der Waals surface area contributed by atoms with Gasteiger partial charge in [-0.1, -0.05) is 24.3 Å². The van der Waals surface area contributed by atoms with Gasteiger partial charge in [-0.15, -0.1) is 0 Å². The van der Waals surface area contributed by atoms with E-state index >= 15 is 0 Å². The number of nitrogens with one attached hydrogen (secondary N) is 1. The lowest BCUT2D eigenvalue weighted by Gasteiger charge is -2.12. The number of amides is 1. The second kappa shape index (κ2) is 8.64. The molecule has 0 radical (unpaired) electrons. The average molecular weight is 425 g/mol. The number of carbonyl (C=O) groups is 1. The number of hydrogen-bond acceptors (Lipinski definition) is 6. The minimum atomic E-state index is -3.25. The van der Waals surface area contributed by atoms with Crippen LogP contribution in [0.2, 0.25) is 0 Å². The van der Waals surface area contributed by atoms with E-state index in [9.17, 15) is 13.2 Å². The normalized spacial score (nSPS) is 11.5. The van der Waals surface area contributed by atoms with E-state index in [2.05, 4.69) is 10.3 Å². The maximum Gasteiger partial charge on any atom is 0.238 e. The number of nitrogen functional groups attached to an aromatic ring is 1. The number of sulfone groups is 1. The van der Waals surface area contributed by atoms with Crippen molar-refractivity contribution in [3.8, 4) is 22.3 Å². The third-order valence-electron chi connectivity index (χ3n) is 4.47. The van der Waals surface area contributed by atoms with Crippen molar-refractivity contribution < 1.29 is 13.2 Å². The fraction of sp³-hybridized carbons (Fsp3) is 0.182. The standard InChI is InChI=1S/C22H24N4O3S/c1-26(2)14-21(27)25-18-8-4-16(5-9-18)20-12-17(13-24-22(20)23)15-6-10-19(11-7-15)30(3,28)29/h4-13H,14H2,1-3H3,(H2,23,24)(H,25,27). The minimum Gasteiger partial charge on any atom is -0.383 e. The zero-order valence-electron chi connectivity index (χ0n) is 17.1. The molecule has 8 heteroatoms. The van der Waals surface area contributed by atoms with Crippen LogP contribution in [0.4, 0.5) is 11.5 Å². The van der Waals surface area contributed by atoms with Crippen molar-refractivity contribution in [1.82, 2.24) is 9.88 Å². The quantitative estimate of drug-likeness (QED) is 0.630. The predicted molar refractivity (Wildman–Crippen MR) is 120 cm³/mol. The Labute approximate surface area is 176 Å². The Morgan fingerprint density at radius 3 is 2.17 bits per heavy atom. The molecule has 0 fully saturated rings. The molecule has 0 bridgehead atoms. The van der Waals surface area contributed by atoms with Gasteiger partial charge in [0.05, 0.1) is 11.4 Å². The molecule has 7 nitrogen and oxygen atoms in total. The Morgan fingerprint density at radius 1 is 1.00 bits per heavy atom. The molecule has 0 aliphatic rings. The predicted octanol–water partition coefficient (Wildman–Crippen LogP) is 2.90. The Bertz CT molecular complexity index is 1160. The van der Waals surface area contributed by atoms with E-state index in [-0.39, 0.29) is 10.8 Å². The zero-order chi connectivity index (χ0) is 21.9. The van der Waals surface area contributed by atoms with Crippen LogP contribution >= 0.6 is 0 Å². The van der Waals surface area contributed by atoms with Crippen molar-refractivity contribution in [3.63, 3.8) is 0 Å². The van der Waals surface area contributed by atoms with Gasteiger partial charge in [-0.05, 0) is 55.6 Å². The summed E-state index contributed by atoms with van der Waals surface area (Å²) >= 11 is 0. The van der Waals surface area contributed by atoms with E-state index in [1.54, 1.807) is 35.4 Å². The molecule has 1 aromatic heterocycles. The Hall–Kier alpha value is -3.23. The average Bonchev–Trinajstić information content (AvgIpc) is 2.68. The molecule has 0 saturated heterocycles. The van der Waals surface area contributed by atoms with E-state index in [4.69, 9.17) is 5.73 Å². The highest BCUT2D eigenvalue weighted by Crippen LogP contribution is 2.30. The van der Waals surface area contributed by atoms with Crippen molar-refractivity contribution in [3.05, 3.63) is 60.8 Å². The molecular formula is C22H24N4O3S. The van der Waals surface area contributed by atoms with Crippen molar-refractivity contribution in [2.75, 3.05) is 37.9 Å². The summed E-state index contributed by atoms with van der Waals surface area (Å²) in [6.07, 6.45) is 2.83. The molecule has 0 spiro atoms. The molecule has 156 valence electrons. The third kappa shape index (κ3) is 5.22. The summed E-state index contributed by atoms with van der Waals surface area (Å²) in [5.41, 5.74) is 10.1. The summed E-state index contributed by atoms with van der Waals surface area (Å²) in [5.74, 6) is 0.296. The lowest BCUT2D eigenvalue weighted by Crippen LogP contribution is -2.27. The highest BCUT2D eigenvalue weighted by Gasteiger charge is 2.10. The number of carbonyl (C=O) groups excluding carboxylic acids is 1. The van der Waals surface area contributed by atoms with E-state index in [1.165, 1.54) is 6.26 Å². The maximum atomic E-state index is 11.9. The number of rotatable bonds is 6. The zero-order valence-corrected chi connectivity index (χ0v) is 17.9. The van der Waals surface area contributed by atoms with Crippen LogP contribution in [0.5, 0.6) is 0 Å². The summed E-state index contributed by atoms with van der Waals surface area (Å²) < 4.78 is 23.3. The first-order chi connectivity index (χ1) is 14.1. The molecular weight excluding hydrogens is 400 g/mol. The molecule has 0 unspecified atom stereocenters. The molecule has 3 rings (SSSR count). The molecule has 1 heterocycles. The van der Waals surface area contributed by atoms with Crippen molar-refractivity contribution in [2.45, 2.75) is 4.90 Å². The number of anilines is 2. The highest BCUT2D eigenvalue weighted by atomic mass is 32.2. The number of likely N-dealkylation sites (N-methyl/N-ethyl adjacent to an activating group) is 1. The molecule has 30 heavy (non-hydrogen) atoms. The number of hydrogen-bond donors (Lipinski definition) is 2. The van der Waals surface area contributed by atoms with E-state index in [1.807, 2.05) is 44.4 Å². The number of nitrogens with zero attached hydrogens (tertiary/aromatic N) is 2. The van der Waals surface area contributed by atoms with E-state index < -0.39 is 9.84 Å². The lowest BCUT2D eigenvalue weighted by atomic mass is 10.0. The molecule has 0 aliphatic heterocycles. The highest BCUT2D eigenvalue weighted by molar-refractivity contribution is 7.90. The van der Waals surface area contributed by atoms with Gasteiger partial charge in [-0.25, -0.2) is 13.4 Å². The second-order valence-corrected chi connectivity index (χ2v) is 9.33. The Balaban J connectivity index is 1.86. The van der Waals surface area contributed by atoms with Crippen LogP contribution in [0.3, 0.4) is 0 Å². The van der Waals surface area contributed by atoms with Gasteiger partial charge in [0, 0.05) is 29.3 Å². The molecule has 0 aliphatic carbocycles. The number of pyridine rings is 1. The summed E-state index contributed by atoms with van der Waals surface area (Å²) in [6.45, 7) is 0.304. The van der Waals surface area contributed by atoms with Crippen LogP contribution in [0.1, 0.15) is 0 Å². The summed E-state index contributed by atoms with van der Waals surface area (Å²) in [4.78, 5) is 18.3. The SMILES string of the molecule is CN(C)CC(=O)Nc1ccc(-c2cc(-c3ccc(S(C)(=O)=O)cc3)cnc2N)cc1. The third-order valence-corrected chi connectivity index (χ3v) is 5.60. The second-order valence-electron chi connectivity index (χ2n) is 7.32. The van der Waals surface area contributed by atoms with Gasteiger partial charge < -0.3 is 16.0 Å². The van der Waals surface area contributed by atoms with Crippen molar-refractivity contribution in [1.29, 1.82) is 0 Å². The van der Waals surface area contributed by atoms with Crippen LogP contribution in [-0.2, 0) is 14.6 Å². The van der Waals surface area contributed by atoms with Crippen molar-refractivity contribution in [2.24, 2.45) is 0 Å². The van der Waals surface area contributed by atoms with Crippen LogP contribution in [0.15, 0.2) is 65.7 Å². The first kappa shape index (κ1) is 21.5. The Morgan fingerprint density at radius 2 is 1.60 bits per heavy atom. The summed E-state index contributed by atoms with van der Waals surface area (Å²) in [5, 5.41) is 2.84. The molecule has 0 atom stereocenters. The van der Waals surface area contributed by atoms with Crippen LogP contribution in [0.25, 0.3) is 22.3 Å². The van der Waals surface area contributed by atoms with E-state index in [0.29, 0.717) is 18.1 Å². The number of benzene rings is 2. The van der Waals surface area contributed by atoms with Crippen LogP contribution in [0, 0.1) is 0 Å². The fourth-order valence-electron chi connectivity index (χ4n) is 2.98. The molecule has 3 N–H and O–H groups in total. The molecule has 1 amide bonds. The fourth-order valence-corrected chi connectivity index (χ4v) is 3.61. The van der Waals surface area contributed by atoms with Crippen molar-refractivity contribution >= 4 is 27.2 Å². The number of nitrogens with two attached hydrogens (primary N) is 1. The first-order valence-corrected chi connectivity index (χ1v) is 11.1. The van der Waals surface area contributed by atoms with Gasteiger partial charge in [0.25, 0.3) is 0 Å². The minimum absolute atomic E-state index is 0.0894. The maximum absolute atomic E-state index is 11.9. The summed E-state index contributed by atoms with van der Waals surface area (Å²) in [6, 6.07) is 15.9. The van der Waals surface area contributed by atoms with Gasteiger partial charge in [-0.2, -0.15) is 0 Å². The molecule has 3 aromatic rings. The van der Waals surface area contributed by atoms with Crippen LogP contribution < -0.4 is 11.1 Å². The first-order valence-electron chi connectivity index (χ1n) is 9.24. The summed E-state index contributed by atoms with van der Waals surface area (Å²) in [7, 11) is 0.419. The lowest BCUT2D eigenvalue weighted by molar-refractivity contribution is -0.116. The Kier molecular flexibility index (Phi) is 6.19. The van der Waals surface area contributed by atoms with E-state index in [0.717, 1.165) is 22.3 Å². The molecule has 0 saturated carbocycles. The van der Waals surface area contributed by atoms with Gasteiger partial charge in [0.15, 0.2) is 9.84 Å². The van der Waals surface area contributed by atoms with Gasteiger partial charge in [-0.3, -0.25) is 4.79 Å². The number of aromatic nitrogens is 1. The van der Waals surface area contributed by atoms with Gasteiger partial charge in [0.1, 0.15) is 5.82 Å². The van der Waals surface area contributed by atoms with Gasteiger partial charge in [0.2, 0.25) is 5.91 Å². The topological polar surface area (TPSA) is 105 Å². The largest absolute Gasteiger partial charge is 0.383 e. The molecule has 2 aromatic carbocycles. The van der Waals surface area contributed by atoms with Crippen LogP contribution in [-0.4, -0.2) is 51.1 Å².